The lowest BCUT2D eigenvalue weighted by atomic mass is 10.1. The van der Waals surface area contributed by atoms with E-state index >= 15 is 0 Å². The lowest BCUT2D eigenvalue weighted by Crippen LogP contribution is -2.26. The van der Waals surface area contributed by atoms with Gasteiger partial charge in [-0.2, -0.15) is 0 Å². The van der Waals surface area contributed by atoms with E-state index in [1.54, 1.807) is 6.20 Å². The van der Waals surface area contributed by atoms with Crippen LogP contribution in [0.2, 0.25) is 0 Å². The van der Waals surface area contributed by atoms with Crippen molar-refractivity contribution >= 4 is 15.9 Å². The Kier molecular flexibility index (Phi) is 6.26. The summed E-state index contributed by atoms with van der Waals surface area (Å²) in [5, 5.41) is 3.32. The van der Waals surface area contributed by atoms with Crippen LogP contribution >= 0.6 is 15.9 Å². The van der Waals surface area contributed by atoms with Gasteiger partial charge < -0.3 is 15.0 Å². The fourth-order valence-electron chi connectivity index (χ4n) is 2.62. The molecule has 4 nitrogen and oxygen atoms in total. The monoisotopic (exact) mass is 341 g/mol. The zero-order chi connectivity index (χ0) is 14.4. The summed E-state index contributed by atoms with van der Waals surface area (Å²) in [5.74, 6) is 0.759. The van der Waals surface area contributed by atoms with Gasteiger partial charge in [-0.3, -0.25) is 0 Å². The first kappa shape index (κ1) is 15.7. The van der Waals surface area contributed by atoms with Crippen molar-refractivity contribution in [2.24, 2.45) is 0 Å². The highest BCUT2D eigenvalue weighted by Crippen LogP contribution is 2.22. The minimum Gasteiger partial charge on any atom is -0.477 e. The number of ether oxygens (including phenoxy) is 1. The van der Waals surface area contributed by atoms with E-state index in [4.69, 9.17) is 4.74 Å². The molecule has 0 radical (unpaired) electrons. The van der Waals surface area contributed by atoms with Crippen molar-refractivity contribution in [2.45, 2.75) is 38.8 Å². The number of nitrogens with one attached hydrogen (secondary N) is 1. The van der Waals surface area contributed by atoms with Crippen LogP contribution in [0.5, 0.6) is 5.88 Å². The van der Waals surface area contributed by atoms with Crippen LogP contribution in [0.25, 0.3) is 0 Å². The first-order chi connectivity index (χ1) is 9.70. The molecule has 0 saturated carbocycles. The Labute approximate surface area is 130 Å². The molecule has 20 heavy (non-hydrogen) atoms. The molecule has 1 fully saturated rings. The molecular formula is C15H24BrN3O. The number of nitrogens with zero attached hydrogens (tertiary/aromatic N) is 2. The molecule has 1 saturated heterocycles. The summed E-state index contributed by atoms with van der Waals surface area (Å²) in [6.45, 7) is 5.79. The molecule has 1 aromatic rings. The van der Waals surface area contributed by atoms with E-state index in [0.29, 0.717) is 6.04 Å². The second-order valence-electron chi connectivity index (χ2n) is 5.31. The van der Waals surface area contributed by atoms with E-state index in [1.165, 1.54) is 19.4 Å². The van der Waals surface area contributed by atoms with Crippen LogP contribution in [0, 0.1) is 0 Å². The third-order valence-corrected chi connectivity index (χ3v) is 4.25. The lowest BCUT2D eigenvalue weighted by molar-refractivity contribution is 0.227. The molecule has 0 spiro atoms. The van der Waals surface area contributed by atoms with Crippen molar-refractivity contribution in [3.63, 3.8) is 0 Å². The second-order valence-corrected chi connectivity index (χ2v) is 6.23. The summed E-state index contributed by atoms with van der Waals surface area (Å²) in [6, 6.07) is 2.75. The highest BCUT2D eigenvalue weighted by atomic mass is 79.9. The van der Waals surface area contributed by atoms with Gasteiger partial charge in [0.15, 0.2) is 0 Å². The van der Waals surface area contributed by atoms with E-state index in [-0.39, 0.29) is 0 Å². The minimum atomic E-state index is 0.669. The fraction of sp³-hybridized carbons (Fsp3) is 0.667. The van der Waals surface area contributed by atoms with Crippen LogP contribution in [0.4, 0.5) is 0 Å². The first-order valence-corrected chi connectivity index (χ1v) is 8.18. The Morgan fingerprint density at radius 3 is 3.10 bits per heavy atom. The van der Waals surface area contributed by atoms with Crippen molar-refractivity contribution in [2.75, 3.05) is 26.7 Å². The molecule has 1 unspecified atom stereocenters. The predicted molar refractivity (Wildman–Crippen MR) is 85.1 cm³/mol. The van der Waals surface area contributed by atoms with E-state index in [1.807, 2.05) is 0 Å². The Hall–Kier alpha value is -0.650. The standard InChI is InChI=1S/C15H24BrN3O/c1-3-17-10-12-9-13(16)11-18-15(12)20-8-6-14-5-4-7-19(14)2/h9,11,14,17H,3-8,10H2,1-2H3. The van der Waals surface area contributed by atoms with Gasteiger partial charge in [0.25, 0.3) is 0 Å². The fourth-order valence-corrected chi connectivity index (χ4v) is 3.00. The third-order valence-electron chi connectivity index (χ3n) is 3.82. The zero-order valence-corrected chi connectivity index (χ0v) is 13.9. The first-order valence-electron chi connectivity index (χ1n) is 7.39. The Balaban J connectivity index is 1.87. The van der Waals surface area contributed by atoms with Gasteiger partial charge in [0, 0.05) is 28.8 Å². The van der Waals surface area contributed by atoms with Crippen molar-refractivity contribution in [1.82, 2.24) is 15.2 Å². The van der Waals surface area contributed by atoms with Crippen LogP contribution < -0.4 is 10.1 Å². The van der Waals surface area contributed by atoms with Crippen molar-refractivity contribution in [1.29, 1.82) is 0 Å². The van der Waals surface area contributed by atoms with Crippen LogP contribution in [0.15, 0.2) is 16.7 Å². The second kappa shape index (κ2) is 7.96. The number of hydrogen-bond acceptors (Lipinski definition) is 4. The van der Waals surface area contributed by atoms with Crippen molar-refractivity contribution < 1.29 is 4.74 Å². The number of likely N-dealkylation sites (tertiary alicyclic amines) is 1. The molecule has 2 heterocycles. The molecule has 1 N–H and O–H groups in total. The summed E-state index contributed by atoms with van der Waals surface area (Å²) >= 11 is 3.47. The summed E-state index contributed by atoms with van der Waals surface area (Å²) < 4.78 is 6.89. The van der Waals surface area contributed by atoms with Gasteiger partial charge in [-0.25, -0.2) is 4.98 Å². The average molecular weight is 342 g/mol. The van der Waals surface area contributed by atoms with Gasteiger partial charge in [0.05, 0.1) is 6.61 Å². The molecule has 1 atom stereocenters. The quantitative estimate of drug-likeness (QED) is 0.827. The van der Waals surface area contributed by atoms with E-state index in [0.717, 1.165) is 42.0 Å². The highest BCUT2D eigenvalue weighted by molar-refractivity contribution is 9.10. The Bertz CT molecular complexity index is 428. The number of aromatic nitrogens is 1. The van der Waals surface area contributed by atoms with Crippen LogP contribution in [0.3, 0.4) is 0 Å². The third kappa shape index (κ3) is 4.43. The molecule has 112 valence electrons. The molecule has 0 bridgehead atoms. The predicted octanol–water partition coefficient (Wildman–Crippen LogP) is 2.82. The van der Waals surface area contributed by atoms with Gasteiger partial charge in [0.2, 0.25) is 5.88 Å². The summed E-state index contributed by atoms with van der Waals surface area (Å²) in [6.07, 6.45) is 5.47. The molecule has 2 rings (SSSR count). The number of pyridine rings is 1. The van der Waals surface area contributed by atoms with Gasteiger partial charge >= 0.3 is 0 Å². The lowest BCUT2D eigenvalue weighted by Gasteiger charge is -2.19. The average Bonchev–Trinajstić information content (AvgIpc) is 2.84. The normalized spacial score (nSPS) is 19.4. The molecule has 0 aromatic carbocycles. The van der Waals surface area contributed by atoms with Gasteiger partial charge in [-0.1, -0.05) is 6.92 Å². The molecule has 1 aromatic heterocycles. The maximum Gasteiger partial charge on any atom is 0.217 e. The SMILES string of the molecule is CCNCc1cc(Br)cnc1OCCC1CCCN1C. The van der Waals surface area contributed by atoms with Crippen LogP contribution in [-0.4, -0.2) is 42.7 Å². The maximum absolute atomic E-state index is 5.90. The van der Waals surface area contributed by atoms with Gasteiger partial charge in [-0.15, -0.1) is 0 Å². The minimum absolute atomic E-state index is 0.669. The number of hydrogen-bond donors (Lipinski definition) is 1. The summed E-state index contributed by atoms with van der Waals surface area (Å²) in [4.78, 5) is 6.82. The van der Waals surface area contributed by atoms with Crippen LogP contribution in [-0.2, 0) is 6.54 Å². The highest BCUT2D eigenvalue weighted by Gasteiger charge is 2.20. The van der Waals surface area contributed by atoms with Crippen molar-refractivity contribution in [3.8, 4) is 5.88 Å². The molecule has 0 aliphatic carbocycles. The maximum atomic E-state index is 5.90. The van der Waals surface area contributed by atoms with Gasteiger partial charge in [-0.05, 0) is 61.4 Å². The van der Waals surface area contributed by atoms with E-state index in [2.05, 4.69) is 51.2 Å². The number of halogens is 1. The van der Waals surface area contributed by atoms with Gasteiger partial charge in [0.1, 0.15) is 0 Å². The molecule has 5 heteroatoms. The molecular weight excluding hydrogens is 318 g/mol. The summed E-state index contributed by atoms with van der Waals surface area (Å²) in [7, 11) is 2.20. The summed E-state index contributed by atoms with van der Waals surface area (Å²) in [5.41, 5.74) is 1.11. The zero-order valence-electron chi connectivity index (χ0n) is 12.4. The molecule has 1 aliphatic heterocycles. The Morgan fingerprint density at radius 1 is 1.55 bits per heavy atom. The molecule has 0 amide bonds. The topological polar surface area (TPSA) is 37.4 Å². The Morgan fingerprint density at radius 2 is 2.40 bits per heavy atom. The number of rotatable bonds is 7. The van der Waals surface area contributed by atoms with Crippen molar-refractivity contribution in [3.05, 3.63) is 22.3 Å². The van der Waals surface area contributed by atoms with E-state index in [9.17, 15) is 0 Å². The smallest absolute Gasteiger partial charge is 0.217 e. The molecule has 1 aliphatic rings. The van der Waals surface area contributed by atoms with Crippen LogP contribution in [0.1, 0.15) is 31.7 Å². The van der Waals surface area contributed by atoms with E-state index < -0.39 is 0 Å². The largest absolute Gasteiger partial charge is 0.477 e.